The van der Waals surface area contributed by atoms with Crippen molar-refractivity contribution < 1.29 is 87.5 Å². The molecule has 1 heterocycles. The molecule has 36 nitrogen and oxygen atoms in total. The van der Waals surface area contributed by atoms with E-state index in [2.05, 4.69) is 70.8 Å². The third-order valence-corrected chi connectivity index (χ3v) is 15.4. The number of carboxylic acid groups (broad SMARTS) is 1. The molecular weight excluding hydrogens is 1280 g/mol. The van der Waals surface area contributed by atoms with Crippen LogP contribution in [0.3, 0.4) is 0 Å². The molecule has 1 aromatic rings. The van der Waals surface area contributed by atoms with Crippen LogP contribution < -0.4 is 87.6 Å². The first-order valence-corrected chi connectivity index (χ1v) is 32.0. The van der Waals surface area contributed by atoms with E-state index in [1.807, 2.05) is 0 Å². The van der Waals surface area contributed by atoms with Crippen LogP contribution in [-0.2, 0) is 73.5 Å². The lowest BCUT2D eigenvalue weighted by atomic mass is 10.0. The van der Waals surface area contributed by atoms with Gasteiger partial charge in [0.1, 0.15) is 66.5 Å². The molecule has 0 unspecified atom stereocenters. The van der Waals surface area contributed by atoms with Gasteiger partial charge in [-0.3, -0.25) is 67.3 Å². The highest BCUT2D eigenvalue weighted by molar-refractivity contribution is 7.80. The Balaban J connectivity index is 2.45. The van der Waals surface area contributed by atoms with Crippen molar-refractivity contribution in [2.75, 3.05) is 25.4 Å². The number of primary amides is 2. The number of aliphatic carboxylic acids is 1. The maximum atomic E-state index is 14.8. The van der Waals surface area contributed by atoms with E-state index in [0.717, 1.165) is 11.8 Å². The van der Waals surface area contributed by atoms with Gasteiger partial charge in [-0.25, -0.2) is 4.79 Å². The Morgan fingerprint density at radius 2 is 1.06 bits per heavy atom. The topological polar surface area (TPSA) is 612 Å². The van der Waals surface area contributed by atoms with Crippen LogP contribution in [0.4, 0.5) is 0 Å². The summed E-state index contributed by atoms with van der Waals surface area (Å²) < 4.78 is 0. The van der Waals surface area contributed by atoms with Crippen molar-refractivity contribution in [2.45, 2.75) is 209 Å². The Bertz CT molecular complexity index is 2870. The van der Waals surface area contributed by atoms with Crippen LogP contribution in [0.25, 0.3) is 0 Å². The zero-order chi connectivity index (χ0) is 72.7. The van der Waals surface area contributed by atoms with E-state index >= 15 is 0 Å². The molecule has 37 heteroatoms. The van der Waals surface area contributed by atoms with Gasteiger partial charge < -0.3 is 113 Å². The largest absolute Gasteiger partial charge is 0.480 e. The van der Waals surface area contributed by atoms with Crippen LogP contribution in [0.5, 0.6) is 0 Å². The number of benzene rings is 1. The van der Waals surface area contributed by atoms with Crippen molar-refractivity contribution >= 4 is 101 Å². The minimum Gasteiger partial charge on any atom is -0.480 e. The van der Waals surface area contributed by atoms with Crippen LogP contribution in [-0.4, -0.2) is 230 Å². The van der Waals surface area contributed by atoms with E-state index in [0.29, 0.717) is 12.0 Å². The minimum absolute atomic E-state index is 0.0273. The molecule has 1 aliphatic rings. The first-order chi connectivity index (χ1) is 45.0. The molecule has 13 amide bonds. The van der Waals surface area contributed by atoms with E-state index in [1.165, 1.54) is 20.8 Å². The van der Waals surface area contributed by atoms with Crippen LogP contribution in [0.1, 0.15) is 118 Å². The van der Waals surface area contributed by atoms with Crippen LogP contribution in [0, 0.1) is 5.92 Å². The smallest absolute Gasteiger partial charge is 0.328 e. The second-order valence-electron chi connectivity index (χ2n) is 23.8. The monoisotopic (exact) mass is 1380 g/mol. The van der Waals surface area contributed by atoms with Gasteiger partial charge in [0, 0.05) is 31.7 Å². The molecule has 2 rings (SSSR count). The molecule has 0 spiro atoms. The van der Waals surface area contributed by atoms with Crippen LogP contribution >= 0.6 is 12.6 Å². The van der Waals surface area contributed by atoms with Gasteiger partial charge >= 0.3 is 5.97 Å². The van der Waals surface area contributed by atoms with Crippen LogP contribution in [0.2, 0.25) is 0 Å². The summed E-state index contributed by atoms with van der Waals surface area (Å²) in [5.74, 6) is -15.5. The third kappa shape index (κ3) is 29.1. The quantitative estimate of drug-likeness (QED) is 0.0125. The highest BCUT2D eigenvalue weighted by atomic mass is 32.1. The van der Waals surface area contributed by atoms with Crippen molar-refractivity contribution in [3.63, 3.8) is 0 Å². The number of amides is 13. The SMILES string of the molecule is CC(C)C[C@H](NC(=O)[C@H](CCCN=C(N)N)NC(=O)[C@@H](N)[C@@H](C)O)C(=O)N[C@@H](CC(N)=O)C(=O)N[C@@H](CCC(N)=O)C(=O)N[C@@H](CS)C(=O)N[C@@H](Cc1ccccc1)C(=O)N1CCC[C@H]1C(=O)N[C@H](C(=O)N[C@@H](CCCCN)C(=O)N[C@@H](C)C(=O)N[C@H](C(=O)O)[C@@H](C)O)[C@@H](C)O. The molecule has 0 radical (unpaired) electrons. The molecular formula is C59H98N18O18S. The number of hydrogen-bond donors (Lipinski definition) is 21. The van der Waals surface area contributed by atoms with Crippen molar-refractivity contribution in [1.82, 2.24) is 58.1 Å². The Labute approximate surface area is 561 Å². The third-order valence-electron chi connectivity index (χ3n) is 15.1. The first-order valence-electron chi connectivity index (χ1n) is 31.4. The number of guanidine groups is 1. The second-order valence-corrected chi connectivity index (χ2v) is 24.2. The summed E-state index contributed by atoms with van der Waals surface area (Å²) in [7, 11) is 0. The highest BCUT2D eigenvalue weighted by Gasteiger charge is 2.42. The molecule has 538 valence electrons. The number of nitrogens with zero attached hydrogens (tertiary/aromatic N) is 2. The van der Waals surface area contributed by atoms with E-state index in [4.69, 9.17) is 34.4 Å². The van der Waals surface area contributed by atoms with Gasteiger partial charge in [-0.2, -0.15) is 12.6 Å². The van der Waals surface area contributed by atoms with E-state index in [9.17, 15) is 87.5 Å². The second kappa shape index (κ2) is 41.9. The number of aliphatic hydroxyl groups is 3. The van der Waals surface area contributed by atoms with Gasteiger partial charge in [-0.15, -0.1) is 0 Å². The zero-order valence-electron chi connectivity index (χ0n) is 54.7. The lowest BCUT2D eigenvalue weighted by Gasteiger charge is -2.31. The Hall–Kier alpha value is -8.78. The van der Waals surface area contributed by atoms with Crippen molar-refractivity contribution in [3.8, 4) is 0 Å². The molecule has 1 saturated heterocycles. The number of carboxylic acids is 1. The number of aliphatic imine (C=N–C) groups is 1. The Kier molecular flexibility index (Phi) is 36.4. The number of nitrogens with two attached hydrogens (primary N) is 6. The number of nitrogens with one attached hydrogen (secondary N) is 10. The molecule has 1 fully saturated rings. The number of unbranched alkanes of at least 4 members (excludes halogenated alkanes) is 1. The van der Waals surface area contributed by atoms with Crippen molar-refractivity contribution in [1.29, 1.82) is 0 Å². The molecule has 1 aromatic carbocycles. The van der Waals surface area contributed by atoms with E-state index in [-0.39, 0.29) is 82.9 Å². The Morgan fingerprint density at radius 3 is 1.59 bits per heavy atom. The lowest BCUT2D eigenvalue weighted by molar-refractivity contribution is -0.145. The Morgan fingerprint density at radius 1 is 0.562 bits per heavy atom. The molecule has 0 aliphatic carbocycles. The average Bonchev–Trinajstić information content (AvgIpc) is 1.61. The standard InChI is InChI=1S/C59H98N18O18S/c1-28(2)24-37(71-49(85)35(17-12-22-66-59(64)65)69-55(91)44(63)30(4)78)51(87)72-38(26-43(62)82)52(88)68-36(19-20-42(61)81)50(86)74-40(27-96)53(89)73-39(25-33-14-8-7-9-15-33)57(93)77-23-13-18-41(77)54(90)75-45(31(5)79)56(92)70-34(16-10-11-21-60)48(84)67-29(3)47(83)76-46(32(6)80)58(94)95/h7-9,14-15,28-32,34-41,44-46,78-80,96H,10-13,16-27,60,63H2,1-6H3,(H2,61,81)(H2,62,82)(H,67,84)(H,68,88)(H,69,91)(H,70,92)(H,71,85)(H,72,87)(H,73,89)(H,74,86)(H,75,90)(H,76,83)(H,94,95)(H4,64,65,66)/t29-,30+,31+,32+,34-,35-,36-,37-,38-,39-,40-,41-,44-,45-,46-/m0/s1. The van der Waals surface area contributed by atoms with Crippen molar-refractivity contribution in [3.05, 3.63) is 35.9 Å². The number of carbonyl (C=O) groups excluding carboxylic acids is 13. The lowest BCUT2D eigenvalue weighted by Crippen LogP contribution is -2.62. The molecule has 0 bridgehead atoms. The summed E-state index contributed by atoms with van der Waals surface area (Å²) in [5, 5.41) is 64.2. The number of rotatable bonds is 43. The molecule has 15 atom stereocenters. The molecule has 26 N–H and O–H groups in total. The fourth-order valence-electron chi connectivity index (χ4n) is 9.76. The number of aliphatic hydroxyl groups excluding tert-OH is 3. The predicted octanol–water partition coefficient (Wildman–Crippen LogP) is -8.06. The molecule has 1 aliphatic heterocycles. The molecule has 96 heavy (non-hydrogen) atoms. The van der Waals surface area contributed by atoms with E-state index in [1.54, 1.807) is 44.2 Å². The van der Waals surface area contributed by atoms with Crippen LogP contribution in [0.15, 0.2) is 35.3 Å². The summed E-state index contributed by atoms with van der Waals surface area (Å²) >= 11 is 4.28. The molecule has 0 aromatic heterocycles. The number of carbonyl (C=O) groups is 14. The fourth-order valence-corrected chi connectivity index (χ4v) is 10.0. The summed E-state index contributed by atoms with van der Waals surface area (Å²) in [5.41, 5.74) is 33.8. The number of likely N-dealkylation sites (tertiary alicyclic amines) is 1. The molecule has 0 saturated carbocycles. The summed E-state index contributed by atoms with van der Waals surface area (Å²) in [6.07, 6.45) is -5.74. The number of hydrogen-bond acceptors (Lipinski definition) is 21. The minimum atomic E-state index is -1.86. The predicted molar refractivity (Wildman–Crippen MR) is 349 cm³/mol. The summed E-state index contributed by atoms with van der Waals surface area (Å²) in [4.78, 5) is 194. The van der Waals surface area contributed by atoms with Gasteiger partial charge in [-0.1, -0.05) is 44.2 Å². The van der Waals surface area contributed by atoms with Gasteiger partial charge in [0.2, 0.25) is 76.8 Å². The first kappa shape index (κ1) is 83.3. The highest BCUT2D eigenvalue weighted by Crippen LogP contribution is 2.21. The normalized spacial score (nSPS) is 17.1. The fraction of sp³-hybridized carbons (Fsp3) is 0.644. The van der Waals surface area contributed by atoms with Crippen molar-refractivity contribution in [2.24, 2.45) is 45.3 Å². The number of thiol groups is 1. The van der Waals surface area contributed by atoms with Gasteiger partial charge in [-0.05, 0) is 104 Å². The summed E-state index contributed by atoms with van der Waals surface area (Å²) in [6.45, 7) is 8.37. The maximum absolute atomic E-state index is 14.8. The van der Waals surface area contributed by atoms with E-state index < -0.39 is 199 Å². The van der Waals surface area contributed by atoms with Gasteiger partial charge in [0.25, 0.3) is 0 Å². The maximum Gasteiger partial charge on any atom is 0.328 e. The summed E-state index contributed by atoms with van der Waals surface area (Å²) in [6, 6.07) is -10.2. The average molecular weight is 1380 g/mol. The van der Waals surface area contributed by atoms with Gasteiger partial charge in [0.15, 0.2) is 12.0 Å². The van der Waals surface area contributed by atoms with Gasteiger partial charge in [0.05, 0.1) is 24.7 Å². The zero-order valence-corrected chi connectivity index (χ0v) is 55.6.